The molecule has 0 bridgehead atoms. The van der Waals surface area contributed by atoms with Crippen molar-refractivity contribution in [2.24, 2.45) is 0 Å². The van der Waals surface area contributed by atoms with Gasteiger partial charge in [0, 0.05) is 11.8 Å². The van der Waals surface area contributed by atoms with Gasteiger partial charge in [0.1, 0.15) is 5.75 Å². The molecule has 0 aliphatic carbocycles. The highest BCUT2D eigenvalue weighted by Crippen LogP contribution is 2.13. The summed E-state index contributed by atoms with van der Waals surface area (Å²) in [5.41, 5.74) is 0.758. The minimum absolute atomic E-state index is 0.0248. The largest absolute Gasteiger partial charge is 0.494 e. The number of benzene rings is 1. The van der Waals surface area contributed by atoms with Crippen LogP contribution in [0.25, 0.3) is 0 Å². The minimum atomic E-state index is 0.0248. The maximum atomic E-state index is 8.89. The van der Waals surface area contributed by atoms with Gasteiger partial charge in [0.25, 0.3) is 0 Å². The SMILES string of the molecule is OCc1csc(CCCOc2ccccc2)n1. The summed E-state index contributed by atoms with van der Waals surface area (Å²) in [5.74, 6) is 0.905. The highest BCUT2D eigenvalue weighted by Gasteiger charge is 2.01. The molecule has 1 aromatic heterocycles. The Morgan fingerprint density at radius 3 is 2.76 bits per heavy atom. The van der Waals surface area contributed by atoms with E-state index in [1.807, 2.05) is 35.7 Å². The van der Waals surface area contributed by atoms with E-state index in [0.29, 0.717) is 6.61 Å². The zero-order valence-electron chi connectivity index (χ0n) is 9.50. The van der Waals surface area contributed by atoms with Gasteiger partial charge in [-0.1, -0.05) is 18.2 Å². The van der Waals surface area contributed by atoms with Crippen LogP contribution < -0.4 is 4.74 Å². The first-order valence-corrected chi connectivity index (χ1v) is 6.48. The van der Waals surface area contributed by atoms with E-state index in [0.717, 1.165) is 29.3 Å². The van der Waals surface area contributed by atoms with Crippen LogP contribution in [0.3, 0.4) is 0 Å². The van der Waals surface area contributed by atoms with Crippen molar-refractivity contribution in [3.05, 3.63) is 46.4 Å². The molecule has 2 aromatic rings. The molecule has 0 spiro atoms. The molecule has 1 aromatic carbocycles. The Balaban J connectivity index is 1.69. The third-order valence-corrected chi connectivity index (χ3v) is 3.27. The molecule has 1 N–H and O–H groups in total. The number of hydrogen-bond acceptors (Lipinski definition) is 4. The lowest BCUT2D eigenvalue weighted by atomic mass is 10.3. The molecule has 0 fully saturated rings. The van der Waals surface area contributed by atoms with E-state index in [-0.39, 0.29) is 6.61 Å². The molecule has 0 unspecified atom stereocenters. The van der Waals surface area contributed by atoms with Crippen molar-refractivity contribution in [1.82, 2.24) is 4.98 Å². The van der Waals surface area contributed by atoms with Gasteiger partial charge in [0.2, 0.25) is 0 Å². The molecule has 0 amide bonds. The second kappa shape index (κ2) is 6.37. The van der Waals surface area contributed by atoms with Gasteiger partial charge in [0.05, 0.1) is 23.9 Å². The predicted molar refractivity (Wildman–Crippen MR) is 68.3 cm³/mol. The van der Waals surface area contributed by atoms with Crippen LogP contribution in [-0.2, 0) is 13.0 Å². The summed E-state index contributed by atoms with van der Waals surface area (Å²) in [7, 11) is 0. The van der Waals surface area contributed by atoms with Crippen molar-refractivity contribution in [1.29, 1.82) is 0 Å². The van der Waals surface area contributed by atoms with E-state index in [1.54, 1.807) is 11.3 Å². The van der Waals surface area contributed by atoms with E-state index in [9.17, 15) is 0 Å². The average Bonchev–Trinajstić information content (AvgIpc) is 2.84. The molecular weight excluding hydrogens is 234 g/mol. The Hall–Kier alpha value is -1.39. The summed E-state index contributed by atoms with van der Waals surface area (Å²) in [6.45, 7) is 0.717. The van der Waals surface area contributed by atoms with Crippen LogP contribution in [0.2, 0.25) is 0 Å². The number of ether oxygens (including phenoxy) is 1. The third kappa shape index (κ3) is 3.84. The lowest BCUT2D eigenvalue weighted by molar-refractivity contribution is 0.277. The first-order valence-electron chi connectivity index (χ1n) is 5.60. The van der Waals surface area contributed by atoms with Crippen LogP contribution in [0, 0.1) is 0 Å². The van der Waals surface area contributed by atoms with Gasteiger partial charge < -0.3 is 9.84 Å². The molecule has 90 valence electrons. The van der Waals surface area contributed by atoms with Crippen molar-refractivity contribution >= 4 is 11.3 Å². The summed E-state index contributed by atoms with van der Waals surface area (Å²) in [6, 6.07) is 9.80. The zero-order chi connectivity index (χ0) is 11.9. The van der Waals surface area contributed by atoms with Crippen molar-refractivity contribution in [2.45, 2.75) is 19.4 Å². The molecule has 2 rings (SSSR count). The summed E-state index contributed by atoms with van der Waals surface area (Å²) < 4.78 is 5.59. The maximum Gasteiger partial charge on any atom is 0.119 e. The third-order valence-electron chi connectivity index (χ3n) is 2.31. The van der Waals surface area contributed by atoms with Gasteiger partial charge in [-0.2, -0.15) is 0 Å². The fourth-order valence-corrected chi connectivity index (χ4v) is 2.30. The highest BCUT2D eigenvalue weighted by molar-refractivity contribution is 7.09. The van der Waals surface area contributed by atoms with Gasteiger partial charge in [-0.15, -0.1) is 11.3 Å². The van der Waals surface area contributed by atoms with Crippen LogP contribution in [0.15, 0.2) is 35.7 Å². The predicted octanol–water partition coefficient (Wildman–Crippen LogP) is 2.65. The second-order valence-corrected chi connectivity index (χ2v) is 4.60. The molecule has 0 atom stereocenters. The summed E-state index contributed by atoms with van der Waals surface area (Å²) in [4.78, 5) is 4.29. The first-order chi connectivity index (χ1) is 8.38. The van der Waals surface area contributed by atoms with E-state index in [4.69, 9.17) is 9.84 Å². The van der Waals surface area contributed by atoms with Gasteiger partial charge in [-0.3, -0.25) is 0 Å². The number of hydrogen-bond donors (Lipinski definition) is 1. The van der Waals surface area contributed by atoms with Crippen molar-refractivity contribution in [2.75, 3.05) is 6.61 Å². The van der Waals surface area contributed by atoms with Crippen molar-refractivity contribution in [3.63, 3.8) is 0 Å². The van der Waals surface area contributed by atoms with E-state index in [2.05, 4.69) is 4.98 Å². The molecular formula is C13H15NO2S. The standard InChI is InChI=1S/C13H15NO2S/c15-9-11-10-17-13(14-11)7-4-8-16-12-5-2-1-3-6-12/h1-3,5-6,10,15H,4,7-9H2. The monoisotopic (exact) mass is 249 g/mol. The number of thiazole rings is 1. The fraction of sp³-hybridized carbons (Fsp3) is 0.308. The number of nitrogens with zero attached hydrogens (tertiary/aromatic N) is 1. The molecule has 1 heterocycles. The van der Waals surface area contributed by atoms with Crippen LogP contribution in [0.1, 0.15) is 17.1 Å². The van der Waals surface area contributed by atoms with Gasteiger partial charge >= 0.3 is 0 Å². The van der Waals surface area contributed by atoms with E-state index < -0.39 is 0 Å². The zero-order valence-corrected chi connectivity index (χ0v) is 10.3. The molecule has 0 radical (unpaired) electrons. The number of aryl methyl sites for hydroxylation is 1. The Labute approximate surface area is 105 Å². The van der Waals surface area contributed by atoms with Gasteiger partial charge in [0.15, 0.2) is 0 Å². The molecule has 3 nitrogen and oxygen atoms in total. The lowest BCUT2D eigenvalue weighted by Gasteiger charge is -2.04. The smallest absolute Gasteiger partial charge is 0.119 e. The van der Waals surface area contributed by atoms with E-state index >= 15 is 0 Å². The number of aliphatic hydroxyl groups is 1. The molecule has 0 saturated heterocycles. The average molecular weight is 249 g/mol. The van der Waals surface area contributed by atoms with Crippen LogP contribution in [0.5, 0.6) is 5.75 Å². The van der Waals surface area contributed by atoms with Crippen molar-refractivity contribution < 1.29 is 9.84 Å². The molecule has 0 saturated carbocycles. The number of aromatic nitrogens is 1. The number of rotatable bonds is 6. The van der Waals surface area contributed by atoms with Crippen molar-refractivity contribution in [3.8, 4) is 5.75 Å². The highest BCUT2D eigenvalue weighted by atomic mass is 32.1. The summed E-state index contributed by atoms with van der Waals surface area (Å²) >= 11 is 1.59. The van der Waals surface area contributed by atoms with Gasteiger partial charge in [-0.25, -0.2) is 4.98 Å². The van der Waals surface area contributed by atoms with E-state index in [1.165, 1.54) is 0 Å². The lowest BCUT2D eigenvalue weighted by Crippen LogP contribution is -1.99. The normalized spacial score (nSPS) is 10.4. The van der Waals surface area contributed by atoms with Gasteiger partial charge in [-0.05, 0) is 18.6 Å². The maximum absolute atomic E-state index is 8.89. The first kappa shape index (κ1) is 12.1. The fourth-order valence-electron chi connectivity index (χ4n) is 1.47. The molecule has 0 aliphatic rings. The topological polar surface area (TPSA) is 42.4 Å². The molecule has 0 aliphatic heterocycles. The summed E-state index contributed by atoms with van der Waals surface area (Å²) in [6.07, 6.45) is 1.84. The Morgan fingerprint density at radius 2 is 2.06 bits per heavy atom. The van der Waals surface area contributed by atoms with Crippen LogP contribution >= 0.6 is 11.3 Å². The Morgan fingerprint density at radius 1 is 1.24 bits per heavy atom. The minimum Gasteiger partial charge on any atom is -0.494 e. The molecule has 4 heteroatoms. The second-order valence-electron chi connectivity index (χ2n) is 3.66. The van der Waals surface area contributed by atoms with Crippen LogP contribution in [0.4, 0.5) is 0 Å². The Kier molecular flexibility index (Phi) is 4.53. The van der Waals surface area contributed by atoms with Crippen LogP contribution in [-0.4, -0.2) is 16.7 Å². The quantitative estimate of drug-likeness (QED) is 0.800. The Bertz CT molecular complexity index is 442. The summed E-state index contributed by atoms with van der Waals surface area (Å²) in [5, 5.41) is 11.8. The molecule has 17 heavy (non-hydrogen) atoms. The number of para-hydroxylation sites is 1. The number of aliphatic hydroxyl groups excluding tert-OH is 1.